The molecule has 0 spiro atoms. The largest absolute Gasteiger partial charge is 0.378 e. The van der Waals surface area contributed by atoms with Gasteiger partial charge in [-0.2, -0.15) is 5.21 Å². The fraction of sp³-hybridized carbons (Fsp3) is 0.250. The summed E-state index contributed by atoms with van der Waals surface area (Å²) in [5.74, 6) is 1.14. The summed E-state index contributed by atoms with van der Waals surface area (Å²) < 4.78 is 22.0. The van der Waals surface area contributed by atoms with Gasteiger partial charge in [-0.1, -0.05) is 42.8 Å². The predicted octanol–water partition coefficient (Wildman–Crippen LogP) is 4.51. The number of H-pyrrole nitrogens is 1. The van der Waals surface area contributed by atoms with Crippen molar-refractivity contribution >= 4 is 35.5 Å². The molecule has 2 aromatic carbocycles. The summed E-state index contributed by atoms with van der Waals surface area (Å²) in [5, 5.41) is 15.5. The molecule has 0 aliphatic rings. The van der Waals surface area contributed by atoms with Crippen LogP contribution in [0.25, 0.3) is 28.0 Å². The number of halogens is 1. The molecule has 1 atom stereocenters. The molecular formula is C24H25ClN7O3P. The second-order valence-corrected chi connectivity index (χ2v) is 10.3. The zero-order valence-corrected chi connectivity index (χ0v) is 21.4. The van der Waals surface area contributed by atoms with E-state index in [1.54, 1.807) is 11.5 Å². The number of rotatable bonds is 9. The number of para-hydroxylation sites is 1. The molecule has 36 heavy (non-hydrogen) atoms. The topological polar surface area (TPSA) is 124 Å². The van der Waals surface area contributed by atoms with Crippen molar-refractivity contribution in [3.8, 4) is 17.1 Å². The van der Waals surface area contributed by atoms with Crippen molar-refractivity contribution in [2.24, 2.45) is 0 Å². The Balaban J connectivity index is 1.63. The minimum atomic E-state index is -4.16. The van der Waals surface area contributed by atoms with Gasteiger partial charge in [-0.15, -0.1) is 10.2 Å². The third-order valence-electron chi connectivity index (χ3n) is 5.93. The smallest absolute Gasteiger partial charge is 0.320 e. The Morgan fingerprint density at radius 1 is 1.14 bits per heavy atom. The monoisotopic (exact) mass is 525 g/mol. The maximum atomic E-state index is 13.0. The molecule has 1 unspecified atom stereocenters. The highest BCUT2D eigenvalue weighted by molar-refractivity contribution is 7.61. The summed E-state index contributed by atoms with van der Waals surface area (Å²) in [4.78, 5) is 15.1. The molecule has 5 aromatic rings. The summed E-state index contributed by atoms with van der Waals surface area (Å²) in [7, 11) is -4.16. The quantitative estimate of drug-likeness (QED) is 0.271. The summed E-state index contributed by atoms with van der Waals surface area (Å²) >= 11 is 6.37. The molecule has 3 aromatic heterocycles. The van der Waals surface area contributed by atoms with Gasteiger partial charge >= 0.3 is 7.60 Å². The maximum Gasteiger partial charge on any atom is 0.378 e. The molecule has 0 amide bonds. The normalized spacial score (nSPS) is 13.3. The van der Waals surface area contributed by atoms with Crippen LogP contribution in [-0.2, 0) is 22.1 Å². The van der Waals surface area contributed by atoms with Crippen molar-refractivity contribution in [3.63, 3.8) is 0 Å². The molecule has 0 radical (unpaired) electrons. The molecule has 2 N–H and O–H groups in total. The van der Waals surface area contributed by atoms with Crippen LogP contribution in [0.5, 0.6) is 0 Å². The fourth-order valence-corrected chi connectivity index (χ4v) is 6.21. The van der Waals surface area contributed by atoms with Gasteiger partial charge in [0.25, 0.3) is 0 Å². The molecule has 5 rings (SSSR count). The van der Waals surface area contributed by atoms with E-state index in [-0.39, 0.29) is 17.2 Å². The second kappa shape index (κ2) is 9.99. The number of aromatic amines is 1. The number of imidazole rings is 1. The molecule has 0 aliphatic carbocycles. The van der Waals surface area contributed by atoms with Crippen LogP contribution in [0.3, 0.4) is 0 Å². The highest BCUT2D eigenvalue weighted by atomic mass is 35.5. The number of nitrogens with one attached hydrogen (secondary N) is 1. The molecular weight excluding hydrogens is 501 g/mol. The van der Waals surface area contributed by atoms with Crippen LogP contribution in [0.2, 0.25) is 5.15 Å². The summed E-state index contributed by atoms with van der Waals surface area (Å²) in [5.41, 5.74) is 3.67. The number of aromatic nitrogens is 7. The van der Waals surface area contributed by atoms with E-state index in [4.69, 9.17) is 16.1 Å². The number of fused-ring (bicyclic) bond motifs is 1. The molecule has 12 heteroatoms. The molecule has 186 valence electrons. The van der Waals surface area contributed by atoms with Gasteiger partial charge in [-0.25, -0.2) is 4.98 Å². The second-order valence-electron chi connectivity index (χ2n) is 8.21. The van der Waals surface area contributed by atoms with Gasteiger partial charge in [0, 0.05) is 23.6 Å². The Labute approximate surface area is 212 Å². The highest BCUT2D eigenvalue weighted by Gasteiger charge is 2.33. The minimum absolute atomic E-state index is 0.00322. The van der Waals surface area contributed by atoms with Crippen LogP contribution in [0.4, 0.5) is 0 Å². The third-order valence-corrected chi connectivity index (χ3v) is 7.92. The van der Waals surface area contributed by atoms with Gasteiger partial charge in [-0.05, 0) is 48.4 Å². The van der Waals surface area contributed by atoms with Gasteiger partial charge in [-0.3, -0.25) is 4.57 Å². The Bertz CT molecular complexity index is 1560. The first-order valence-electron chi connectivity index (χ1n) is 11.6. The Kier molecular flexibility index (Phi) is 6.77. The number of tetrazole rings is 1. The number of hydrogen-bond acceptors (Lipinski definition) is 6. The summed E-state index contributed by atoms with van der Waals surface area (Å²) in [6.45, 7) is 4.09. The van der Waals surface area contributed by atoms with E-state index in [1.165, 1.54) is 0 Å². The lowest BCUT2D eigenvalue weighted by Crippen LogP contribution is -2.22. The van der Waals surface area contributed by atoms with Gasteiger partial charge in [0.1, 0.15) is 5.82 Å². The first-order chi connectivity index (χ1) is 17.4. The van der Waals surface area contributed by atoms with Crippen LogP contribution in [0.15, 0.2) is 54.7 Å². The minimum Gasteiger partial charge on any atom is -0.320 e. The van der Waals surface area contributed by atoms with E-state index in [2.05, 4.69) is 30.2 Å². The van der Waals surface area contributed by atoms with Crippen molar-refractivity contribution in [3.05, 3.63) is 71.3 Å². The molecule has 0 saturated heterocycles. The van der Waals surface area contributed by atoms with E-state index in [0.29, 0.717) is 24.6 Å². The predicted molar refractivity (Wildman–Crippen MR) is 138 cm³/mol. The molecule has 0 bridgehead atoms. The standard InChI is InChI=1S/C24H25ClN7O3P/c1-3-8-21-26-22(25)24(36(33,34)35-4-2)32(21)15-16-9-7-12-19-17(16)13-14-31(19)20-11-6-5-10-18(20)23-27-29-30-28-23/h5-7,9-14H,3-4,8,15H2,1-2H3,(H,33,34)(H,27,28,29,30). The van der Waals surface area contributed by atoms with E-state index >= 15 is 0 Å². The van der Waals surface area contributed by atoms with Crippen LogP contribution >= 0.6 is 19.2 Å². The van der Waals surface area contributed by atoms with E-state index in [1.807, 2.05) is 61.7 Å². The number of hydrogen-bond donors (Lipinski definition) is 2. The van der Waals surface area contributed by atoms with E-state index in [9.17, 15) is 9.46 Å². The van der Waals surface area contributed by atoms with Crippen LogP contribution in [0, 0.1) is 0 Å². The van der Waals surface area contributed by atoms with Crippen LogP contribution in [0.1, 0.15) is 31.7 Å². The highest BCUT2D eigenvalue weighted by Crippen LogP contribution is 2.43. The van der Waals surface area contributed by atoms with Crippen LogP contribution in [-0.4, -0.2) is 46.2 Å². The lowest BCUT2D eigenvalue weighted by molar-refractivity contribution is 0.282. The van der Waals surface area contributed by atoms with Crippen molar-refractivity contribution in [2.75, 3.05) is 6.61 Å². The average Bonchev–Trinajstić information content (AvgIpc) is 3.59. The van der Waals surface area contributed by atoms with Crippen molar-refractivity contribution in [1.82, 2.24) is 34.7 Å². The van der Waals surface area contributed by atoms with E-state index < -0.39 is 7.60 Å². The molecule has 0 saturated carbocycles. The number of nitrogens with zero attached hydrogens (tertiary/aromatic N) is 6. The Morgan fingerprint density at radius 3 is 2.72 bits per heavy atom. The molecule has 0 aliphatic heterocycles. The number of benzene rings is 2. The zero-order valence-electron chi connectivity index (χ0n) is 19.8. The lowest BCUT2D eigenvalue weighted by atomic mass is 10.1. The van der Waals surface area contributed by atoms with Gasteiger partial charge in [0.05, 0.1) is 24.4 Å². The summed E-state index contributed by atoms with van der Waals surface area (Å²) in [6, 6.07) is 15.8. The average molecular weight is 526 g/mol. The third kappa shape index (κ3) is 4.37. The Morgan fingerprint density at radius 2 is 1.97 bits per heavy atom. The first-order valence-corrected chi connectivity index (χ1v) is 13.5. The van der Waals surface area contributed by atoms with Crippen molar-refractivity contribution < 1.29 is 14.0 Å². The van der Waals surface area contributed by atoms with Gasteiger partial charge in [0.2, 0.25) is 5.82 Å². The van der Waals surface area contributed by atoms with Crippen molar-refractivity contribution in [2.45, 2.75) is 33.2 Å². The number of aryl methyl sites for hydroxylation is 1. The van der Waals surface area contributed by atoms with Crippen LogP contribution < -0.4 is 5.44 Å². The molecule has 10 nitrogen and oxygen atoms in total. The molecule has 3 heterocycles. The SMILES string of the molecule is CCCc1nc(Cl)c(P(=O)(O)OCC)n1Cc1cccc2c1ccn2-c1ccccc1-c1nn[nH]n1. The van der Waals surface area contributed by atoms with Crippen molar-refractivity contribution in [1.29, 1.82) is 0 Å². The Hall–Kier alpha value is -3.30. The van der Waals surface area contributed by atoms with E-state index in [0.717, 1.165) is 34.1 Å². The van der Waals surface area contributed by atoms with Gasteiger partial charge in [0.15, 0.2) is 10.6 Å². The molecule has 0 fully saturated rings. The first kappa shape index (κ1) is 24.4. The fourth-order valence-electron chi connectivity index (χ4n) is 4.44. The van der Waals surface area contributed by atoms with Gasteiger partial charge < -0.3 is 18.6 Å². The maximum absolute atomic E-state index is 13.0. The lowest BCUT2D eigenvalue weighted by Gasteiger charge is -2.17. The summed E-state index contributed by atoms with van der Waals surface area (Å²) in [6.07, 6.45) is 3.41. The zero-order chi connectivity index (χ0) is 25.3.